The molecule has 0 bridgehead atoms. The fourth-order valence-electron chi connectivity index (χ4n) is 2.54. The average Bonchev–Trinajstić information content (AvgIpc) is 2.27. The van der Waals surface area contributed by atoms with Crippen molar-refractivity contribution in [3.8, 4) is 0 Å². The maximum absolute atomic E-state index is 10.7. The highest BCUT2D eigenvalue weighted by molar-refractivity contribution is 5.72. The maximum Gasteiger partial charge on any atom is 0.320 e. The first-order chi connectivity index (χ1) is 7.59. The second kappa shape index (κ2) is 6.89. The van der Waals surface area contributed by atoms with Crippen LogP contribution in [0, 0.1) is 5.92 Å². The zero-order chi connectivity index (χ0) is 12.0. The van der Waals surface area contributed by atoms with Gasteiger partial charge in [-0.05, 0) is 32.6 Å². The molecule has 3 heteroatoms. The summed E-state index contributed by atoms with van der Waals surface area (Å²) in [6.07, 6.45) is 9.28. The maximum atomic E-state index is 10.7. The third kappa shape index (κ3) is 4.97. The highest BCUT2D eigenvalue weighted by Gasteiger charge is 2.17. The first-order valence-electron chi connectivity index (χ1n) is 6.58. The van der Waals surface area contributed by atoms with Gasteiger partial charge in [-0.3, -0.25) is 4.79 Å². The van der Waals surface area contributed by atoms with Crippen LogP contribution in [0.5, 0.6) is 0 Å². The summed E-state index contributed by atoms with van der Waals surface area (Å²) in [5.74, 6) is 0.127. The molecule has 1 rings (SSSR count). The molecule has 1 aliphatic carbocycles. The second-order valence-electron chi connectivity index (χ2n) is 5.21. The number of carbonyl (C=O) groups is 1. The third-order valence-electron chi connectivity index (χ3n) is 3.64. The van der Waals surface area contributed by atoms with Crippen LogP contribution >= 0.6 is 0 Å². The van der Waals surface area contributed by atoms with E-state index in [-0.39, 0.29) is 0 Å². The van der Waals surface area contributed by atoms with E-state index in [9.17, 15) is 4.79 Å². The molecule has 2 atom stereocenters. The summed E-state index contributed by atoms with van der Waals surface area (Å²) in [5.41, 5.74) is 0. The van der Waals surface area contributed by atoms with Gasteiger partial charge in [-0.1, -0.05) is 32.1 Å². The summed E-state index contributed by atoms with van der Waals surface area (Å²) in [5, 5.41) is 11.9. The van der Waals surface area contributed by atoms with Gasteiger partial charge in [0.05, 0.1) is 0 Å². The van der Waals surface area contributed by atoms with E-state index in [0.29, 0.717) is 6.04 Å². The fourth-order valence-corrected chi connectivity index (χ4v) is 2.54. The largest absolute Gasteiger partial charge is 0.480 e. The summed E-state index contributed by atoms with van der Waals surface area (Å²) in [6, 6.07) is -0.116. The SMILES string of the molecule is CC(CCC1CCCCC1)NC(C)C(=O)O. The van der Waals surface area contributed by atoms with Crippen LogP contribution in [0.3, 0.4) is 0 Å². The molecular weight excluding hydrogens is 202 g/mol. The van der Waals surface area contributed by atoms with Crippen LogP contribution in [0.15, 0.2) is 0 Å². The van der Waals surface area contributed by atoms with Gasteiger partial charge in [0.15, 0.2) is 0 Å². The van der Waals surface area contributed by atoms with Gasteiger partial charge in [-0.25, -0.2) is 0 Å². The first-order valence-corrected chi connectivity index (χ1v) is 6.58. The van der Waals surface area contributed by atoms with E-state index in [1.54, 1.807) is 6.92 Å². The summed E-state index contributed by atoms with van der Waals surface area (Å²) in [7, 11) is 0. The van der Waals surface area contributed by atoms with Crippen LogP contribution in [0.1, 0.15) is 58.8 Å². The van der Waals surface area contributed by atoms with Crippen molar-refractivity contribution in [2.45, 2.75) is 70.9 Å². The van der Waals surface area contributed by atoms with Gasteiger partial charge in [0.1, 0.15) is 6.04 Å². The van der Waals surface area contributed by atoms with E-state index >= 15 is 0 Å². The van der Waals surface area contributed by atoms with E-state index in [4.69, 9.17) is 5.11 Å². The minimum absolute atomic E-state index is 0.313. The van der Waals surface area contributed by atoms with Gasteiger partial charge in [0.25, 0.3) is 0 Å². The van der Waals surface area contributed by atoms with Crippen molar-refractivity contribution in [3.63, 3.8) is 0 Å². The van der Waals surface area contributed by atoms with Crippen molar-refractivity contribution in [2.75, 3.05) is 0 Å². The van der Waals surface area contributed by atoms with Crippen molar-refractivity contribution in [1.82, 2.24) is 5.32 Å². The number of carboxylic acid groups (broad SMARTS) is 1. The smallest absolute Gasteiger partial charge is 0.320 e. The lowest BCUT2D eigenvalue weighted by molar-refractivity contribution is -0.139. The van der Waals surface area contributed by atoms with Crippen LogP contribution in [0.4, 0.5) is 0 Å². The molecule has 94 valence electrons. The Labute approximate surface area is 98.6 Å². The molecule has 0 radical (unpaired) electrons. The van der Waals surface area contributed by atoms with Crippen molar-refractivity contribution in [1.29, 1.82) is 0 Å². The molecule has 2 unspecified atom stereocenters. The van der Waals surface area contributed by atoms with Crippen molar-refractivity contribution in [3.05, 3.63) is 0 Å². The molecule has 0 aliphatic heterocycles. The lowest BCUT2D eigenvalue weighted by Crippen LogP contribution is -2.40. The predicted octanol–water partition coefficient (Wildman–Crippen LogP) is 2.80. The van der Waals surface area contributed by atoms with E-state index in [1.807, 2.05) is 0 Å². The molecule has 16 heavy (non-hydrogen) atoms. The van der Waals surface area contributed by atoms with Gasteiger partial charge >= 0.3 is 5.97 Å². The molecule has 0 aromatic heterocycles. The average molecular weight is 227 g/mol. The quantitative estimate of drug-likeness (QED) is 0.733. The van der Waals surface area contributed by atoms with Gasteiger partial charge in [-0.2, -0.15) is 0 Å². The van der Waals surface area contributed by atoms with Crippen LogP contribution < -0.4 is 5.32 Å². The standard InChI is InChI=1S/C13H25NO2/c1-10(14-11(2)13(15)16)8-9-12-6-4-3-5-7-12/h10-12,14H,3-9H2,1-2H3,(H,15,16). The Kier molecular flexibility index (Phi) is 5.81. The molecule has 0 aromatic rings. The lowest BCUT2D eigenvalue weighted by atomic mass is 9.85. The Morgan fingerprint density at radius 1 is 1.31 bits per heavy atom. The molecule has 0 heterocycles. The highest BCUT2D eigenvalue weighted by atomic mass is 16.4. The van der Waals surface area contributed by atoms with E-state index in [2.05, 4.69) is 12.2 Å². The van der Waals surface area contributed by atoms with E-state index in [0.717, 1.165) is 12.3 Å². The summed E-state index contributed by atoms with van der Waals surface area (Å²) >= 11 is 0. The van der Waals surface area contributed by atoms with Crippen molar-refractivity contribution >= 4 is 5.97 Å². The summed E-state index contributed by atoms with van der Waals surface area (Å²) < 4.78 is 0. The van der Waals surface area contributed by atoms with Gasteiger partial charge in [0.2, 0.25) is 0 Å². The Morgan fingerprint density at radius 2 is 1.94 bits per heavy atom. The zero-order valence-corrected chi connectivity index (χ0v) is 10.5. The van der Waals surface area contributed by atoms with Crippen LogP contribution in [-0.2, 0) is 4.79 Å². The van der Waals surface area contributed by atoms with Crippen molar-refractivity contribution in [2.24, 2.45) is 5.92 Å². The van der Waals surface area contributed by atoms with Gasteiger partial charge in [-0.15, -0.1) is 0 Å². The molecule has 1 saturated carbocycles. The summed E-state index contributed by atoms with van der Waals surface area (Å²) in [6.45, 7) is 3.79. The Hall–Kier alpha value is -0.570. The fraction of sp³-hybridized carbons (Fsp3) is 0.923. The van der Waals surface area contributed by atoms with Crippen LogP contribution in [0.2, 0.25) is 0 Å². The lowest BCUT2D eigenvalue weighted by Gasteiger charge is -2.24. The number of rotatable bonds is 6. The Balaban J connectivity index is 2.13. The minimum Gasteiger partial charge on any atom is -0.480 e. The second-order valence-corrected chi connectivity index (χ2v) is 5.21. The molecule has 2 N–H and O–H groups in total. The van der Waals surface area contributed by atoms with Crippen molar-refractivity contribution < 1.29 is 9.90 Å². The first kappa shape index (κ1) is 13.5. The normalized spacial score (nSPS) is 21.6. The van der Waals surface area contributed by atoms with Crippen LogP contribution in [-0.4, -0.2) is 23.2 Å². The number of hydrogen-bond donors (Lipinski definition) is 2. The van der Waals surface area contributed by atoms with Crippen LogP contribution in [0.25, 0.3) is 0 Å². The number of hydrogen-bond acceptors (Lipinski definition) is 2. The number of carboxylic acids is 1. The monoisotopic (exact) mass is 227 g/mol. The minimum atomic E-state index is -0.760. The molecule has 0 amide bonds. The highest BCUT2D eigenvalue weighted by Crippen LogP contribution is 2.27. The predicted molar refractivity (Wildman–Crippen MR) is 65.5 cm³/mol. The summed E-state index contributed by atoms with van der Waals surface area (Å²) in [4.78, 5) is 10.7. The number of nitrogens with one attached hydrogen (secondary N) is 1. The third-order valence-corrected chi connectivity index (χ3v) is 3.64. The molecule has 3 nitrogen and oxygen atoms in total. The van der Waals surface area contributed by atoms with E-state index < -0.39 is 12.0 Å². The molecule has 1 fully saturated rings. The molecule has 0 spiro atoms. The topological polar surface area (TPSA) is 49.3 Å². The molecular formula is C13H25NO2. The number of aliphatic carboxylic acids is 1. The Bertz CT molecular complexity index is 212. The Morgan fingerprint density at radius 3 is 2.50 bits per heavy atom. The molecule has 0 saturated heterocycles. The molecule has 1 aliphatic rings. The van der Waals surface area contributed by atoms with Gasteiger partial charge < -0.3 is 10.4 Å². The zero-order valence-electron chi connectivity index (χ0n) is 10.5. The van der Waals surface area contributed by atoms with E-state index in [1.165, 1.54) is 38.5 Å². The molecule has 0 aromatic carbocycles. The van der Waals surface area contributed by atoms with Gasteiger partial charge in [0, 0.05) is 6.04 Å².